The summed E-state index contributed by atoms with van der Waals surface area (Å²) in [7, 11) is 0. The molecule has 7 aliphatic rings. The Morgan fingerprint density at radius 1 is 0.941 bits per heavy atom. The third-order valence-corrected chi connectivity index (χ3v) is 13.0. The number of ether oxygens (including phenoxy) is 2. The molecule has 6 fully saturated rings. The summed E-state index contributed by atoms with van der Waals surface area (Å²) in [5.41, 5.74) is 1.79. The molecule has 2 aliphatic heterocycles. The first-order valence-corrected chi connectivity index (χ1v) is 14.4. The Balaban J connectivity index is 1.18. The zero-order valence-corrected chi connectivity index (χ0v) is 21.9. The second kappa shape index (κ2) is 7.01. The Bertz CT molecular complexity index is 897. The normalized spacial score (nSPS) is 55.4. The molecule has 5 nitrogen and oxygen atoms in total. The predicted molar refractivity (Wildman–Crippen MR) is 130 cm³/mol. The molecule has 0 aromatic rings. The van der Waals surface area contributed by atoms with E-state index in [4.69, 9.17) is 14.3 Å². The van der Waals surface area contributed by atoms with Crippen LogP contribution < -0.4 is 0 Å². The summed E-state index contributed by atoms with van der Waals surface area (Å²) in [6.07, 6.45) is 9.67. The van der Waals surface area contributed by atoms with Gasteiger partial charge >= 0.3 is 0 Å². The Morgan fingerprint density at radius 3 is 2.38 bits per heavy atom. The number of hydrogen-bond donors (Lipinski definition) is 1. The maximum absolute atomic E-state index is 11.0. The summed E-state index contributed by atoms with van der Waals surface area (Å²) in [5, 5.41) is 15.4. The van der Waals surface area contributed by atoms with Gasteiger partial charge in [-0.15, -0.1) is 0 Å². The molecule has 7 rings (SSSR count). The highest BCUT2D eigenvalue weighted by molar-refractivity contribution is 5.91. The van der Waals surface area contributed by atoms with Crippen LogP contribution in [0.1, 0.15) is 86.0 Å². The van der Waals surface area contributed by atoms with Crippen LogP contribution in [0.2, 0.25) is 0 Å². The molecule has 1 N–H and O–H groups in total. The fourth-order valence-electron chi connectivity index (χ4n) is 11.5. The lowest BCUT2D eigenvalue weighted by molar-refractivity contribution is -0.294. The van der Waals surface area contributed by atoms with Gasteiger partial charge in [-0.1, -0.05) is 39.8 Å². The SMILES string of the molecule is CC(C)C1=NO[C@H]([C@@H](C)C2CC[C@H]3[C@@H]4CC5(OCCO5)[C@]56C[C@@H]5CC[C@]6(C)[C@H]4CC[C@]23C)[C@@H]1O. The van der Waals surface area contributed by atoms with Crippen molar-refractivity contribution < 1.29 is 19.4 Å². The smallest absolute Gasteiger partial charge is 0.175 e. The van der Waals surface area contributed by atoms with E-state index < -0.39 is 6.10 Å². The molecule has 1 unspecified atom stereocenters. The number of rotatable bonds is 3. The van der Waals surface area contributed by atoms with Crippen LogP contribution in [-0.2, 0) is 14.3 Å². The third kappa shape index (κ3) is 2.46. The van der Waals surface area contributed by atoms with E-state index in [1.807, 2.05) is 0 Å². The first-order chi connectivity index (χ1) is 16.2. The van der Waals surface area contributed by atoms with Crippen LogP contribution in [0.3, 0.4) is 0 Å². The van der Waals surface area contributed by atoms with Gasteiger partial charge in [-0.25, -0.2) is 0 Å². The predicted octanol–water partition coefficient (Wildman–Crippen LogP) is 5.41. The minimum Gasteiger partial charge on any atom is -0.389 e. The van der Waals surface area contributed by atoms with Gasteiger partial charge in [0.1, 0.15) is 6.10 Å². The van der Waals surface area contributed by atoms with Crippen LogP contribution in [0.4, 0.5) is 0 Å². The van der Waals surface area contributed by atoms with Gasteiger partial charge in [0.05, 0.1) is 18.9 Å². The number of nitrogens with zero attached hydrogens (tertiary/aromatic N) is 1. The summed E-state index contributed by atoms with van der Waals surface area (Å²) in [6.45, 7) is 13.3. The van der Waals surface area contributed by atoms with E-state index in [9.17, 15) is 5.11 Å². The zero-order valence-electron chi connectivity index (χ0n) is 21.9. The van der Waals surface area contributed by atoms with Crippen molar-refractivity contribution >= 4 is 5.71 Å². The van der Waals surface area contributed by atoms with E-state index in [0.29, 0.717) is 34.0 Å². The van der Waals surface area contributed by atoms with Gasteiger partial charge in [0.15, 0.2) is 11.9 Å². The molecule has 2 heterocycles. The lowest BCUT2D eigenvalue weighted by Crippen LogP contribution is -2.62. The molecule has 190 valence electrons. The number of oxime groups is 1. The second-order valence-corrected chi connectivity index (χ2v) is 14.1. The number of aliphatic hydroxyl groups excluding tert-OH is 1. The highest BCUT2D eigenvalue weighted by Gasteiger charge is 2.83. The molecule has 5 heteroatoms. The quantitative estimate of drug-likeness (QED) is 0.598. The summed E-state index contributed by atoms with van der Waals surface area (Å²) < 4.78 is 13.3. The van der Waals surface area contributed by atoms with Crippen LogP contribution in [0.5, 0.6) is 0 Å². The summed E-state index contributed by atoms with van der Waals surface area (Å²) in [6, 6.07) is 0. The van der Waals surface area contributed by atoms with Crippen molar-refractivity contribution in [3.63, 3.8) is 0 Å². The largest absolute Gasteiger partial charge is 0.389 e. The maximum atomic E-state index is 11.0. The summed E-state index contributed by atoms with van der Waals surface area (Å²) >= 11 is 0. The molecule has 5 aliphatic carbocycles. The topological polar surface area (TPSA) is 60.3 Å². The summed E-state index contributed by atoms with van der Waals surface area (Å²) in [4.78, 5) is 5.91. The van der Waals surface area contributed by atoms with Crippen LogP contribution in [0.15, 0.2) is 5.16 Å². The van der Waals surface area contributed by atoms with E-state index in [2.05, 4.69) is 39.8 Å². The van der Waals surface area contributed by atoms with E-state index in [-0.39, 0.29) is 17.8 Å². The standard InChI is InChI=1S/C29H45NO4/c1-16(2)23-24(31)25(34-30-23)17(3)20-6-7-21-19-15-29(32-12-13-33-29)28-14-18(28)8-11-27(28,5)22(19)9-10-26(20,21)4/h16-22,24-25,31H,6-15H2,1-5H3/t17-,18-,19-,20?,21-,22-,24+,25+,26+,27+,28+/m0/s1. The molecule has 0 bridgehead atoms. The van der Waals surface area contributed by atoms with Crippen LogP contribution >= 0.6 is 0 Å². The Kier molecular flexibility index (Phi) is 4.65. The lowest BCUT2D eigenvalue weighted by Gasteiger charge is -2.63. The van der Waals surface area contributed by atoms with Crippen molar-refractivity contribution in [2.24, 2.45) is 62.8 Å². The molecular formula is C29H45NO4. The van der Waals surface area contributed by atoms with Crippen molar-refractivity contribution in [3.05, 3.63) is 0 Å². The Labute approximate surface area is 205 Å². The molecule has 5 saturated carbocycles. The average molecular weight is 472 g/mol. The highest BCUT2D eigenvalue weighted by Crippen LogP contribution is 2.85. The van der Waals surface area contributed by atoms with E-state index in [0.717, 1.165) is 43.1 Å². The average Bonchev–Trinajstić information content (AvgIpc) is 3.16. The molecule has 0 aromatic carbocycles. The minimum atomic E-state index is -0.559. The minimum absolute atomic E-state index is 0.197. The fourth-order valence-corrected chi connectivity index (χ4v) is 11.5. The molecular weight excluding hydrogens is 426 g/mol. The van der Waals surface area contributed by atoms with Gasteiger partial charge in [-0.05, 0) is 91.3 Å². The lowest BCUT2D eigenvalue weighted by atomic mass is 9.44. The van der Waals surface area contributed by atoms with E-state index >= 15 is 0 Å². The van der Waals surface area contributed by atoms with Crippen LogP contribution in [0.25, 0.3) is 0 Å². The molecule has 0 aromatic heterocycles. The van der Waals surface area contributed by atoms with Crippen molar-refractivity contribution in [2.45, 2.75) is 104 Å². The molecule has 1 saturated heterocycles. The number of hydrogen-bond acceptors (Lipinski definition) is 5. The van der Waals surface area contributed by atoms with Gasteiger partial charge < -0.3 is 19.4 Å². The molecule has 34 heavy (non-hydrogen) atoms. The first-order valence-electron chi connectivity index (χ1n) is 14.4. The highest BCUT2D eigenvalue weighted by atomic mass is 16.7. The van der Waals surface area contributed by atoms with Gasteiger partial charge in [-0.3, -0.25) is 0 Å². The maximum Gasteiger partial charge on any atom is 0.175 e. The fraction of sp³-hybridized carbons (Fsp3) is 0.966. The van der Waals surface area contributed by atoms with E-state index in [1.165, 1.54) is 44.9 Å². The van der Waals surface area contributed by atoms with Crippen molar-refractivity contribution in [2.75, 3.05) is 13.2 Å². The second-order valence-electron chi connectivity index (χ2n) is 14.1. The van der Waals surface area contributed by atoms with Gasteiger partial charge in [-0.2, -0.15) is 0 Å². The molecule has 2 spiro atoms. The monoisotopic (exact) mass is 471 g/mol. The van der Waals surface area contributed by atoms with E-state index in [1.54, 1.807) is 0 Å². The zero-order chi connectivity index (χ0) is 23.7. The third-order valence-electron chi connectivity index (χ3n) is 13.0. The van der Waals surface area contributed by atoms with Gasteiger partial charge in [0.2, 0.25) is 0 Å². The molecule has 0 amide bonds. The number of fused-ring (bicyclic) bond motifs is 4. The van der Waals surface area contributed by atoms with Crippen LogP contribution in [-0.4, -0.2) is 42.0 Å². The van der Waals surface area contributed by atoms with Crippen molar-refractivity contribution in [3.8, 4) is 0 Å². The molecule has 11 atom stereocenters. The van der Waals surface area contributed by atoms with Gasteiger partial charge in [0, 0.05) is 17.8 Å². The number of aliphatic hydroxyl groups is 1. The van der Waals surface area contributed by atoms with Crippen molar-refractivity contribution in [1.82, 2.24) is 0 Å². The Morgan fingerprint density at radius 2 is 1.71 bits per heavy atom. The first kappa shape index (κ1) is 22.5. The van der Waals surface area contributed by atoms with Crippen LogP contribution in [0, 0.1) is 57.7 Å². The summed E-state index contributed by atoms with van der Waals surface area (Å²) in [5.74, 6) is 3.86. The molecule has 0 radical (unpaired) electrons. The van der Waals surface area contributed by atoms with Crippen molar-refractivity contribution in [1.29, 1.82) is 0 Å². The Hall–Kier alpha value is -0.650. The van der Waals surface area contributed by atoms with Gasteiger partial charge in [0.25, 0.3) is 0 Å².